The number of nitrogens with zero attached hydrogens (tertiary/aromatic N) is 1. The van der Waals surface area contributed by atoms with Crippen LogP contribution in [0, 0.1) is 0 Å². The topological polar surface area (TPSA) is 52.6 Å². The van der Waals surface area contributed by atoms with Crippen LogP contribution in [-0.4, -0.2) is 41.7 Å². The summed E-state index contributed by atoms with van der Waals surface area (Å²) in [5, 5.41) is 13.5. The lowest BCUT2D eigenvalue weighted by Crippen LogP contribution is -2.46. The minimum Gasteiger partial charge on any atom is -0.391 e. The minimum atomic E-state index is -0.382. The van der Waals surface area contributed by atoms with Gasteiger partial charge in [0.2, 0.25) is 0 Å². The van der Waals surface area contributed by atoms with Crippen molar-refractivity contribution in [2.24, 2.45) is 0 Å². The Kier molecular flexibility index (Phi) is 4.15. The molecule has 3 rings (SSSR count). The molecule has 1 amide bonds. The number of fused-ring (bicyclic) bond motifs is 1. The first-order valence-corrected chi connectivity index (χ1v) is 7.99. The predicted molar refractivity (Wildman–Crippen MR) is 83.6 cm³/mol. The molecule has 0 bridgehead atoms. The molecule has 1 aliphatic heterocycles. The standard InChI is InChI=1S/C17H24N2O2/c1-19(15-6-2-3-7-16(15)20)17(21)13-8-9-14-12(11-13)5-4-10-18-14/h8-9,11,15-16,18,20H,2-7,10H2,1H3. The number of nitrogens with one attached hydrogen (secondary N) is 1. The first kappa shape index (κ1) is 14.4. The number of carbonyl (C=O) groups excluding carboxylic acids is 1. The molecule has 4 heteroatoms. The lowest BCUT2D eigenvalue weighted by Gasteiger charge is -2.35. The number of anilines is 1. The molecule has 2 aliphatic rings. The van der Waals surface area contributed by atoms with Crippen molar-refractivity contribution >= 4 is 11.6 Å². The third kappa shape index (κ3) is 2.91. The van der Waals surface area contributed by atoms with Gasteiger partial charge >= 0.3 is 0 Å². The van der Waals surface area contributed by atoms with Gasteiger partial charge in [-0.3, -0.25) is 4.79 Å². The third-order valence-corrected chi connectivity index (χ3v) is 4.80. The van der Waals surface area contributed by atoms with Crippen LogP contribution in [0.25, 0.3) is 0 Å². The first-order chi connectivity index (χ1) is 10.2. The fraction of sp³-hybridized carbons (Fsp3) is 0.588. The number of benzene rings is 1. The molecule has 1 aromatic rings. The van der Waals surface area contributed by atoms with Crippen LogP contribution in [0.2, 0.25) is 0 Å². The summed E-state index contributed by atoms with van der Waals surface area (Å²) < 4.78 is 0. The van der Waals surface area contributed by atoms with Crippen molar-refractivity contribution in [2.75, 3.05) is 18.9 Å². The molecule has 1 aromatic carbocycles. The highest BCUT2D eigenvalue weighted by Gasteiger charge is 2.30. The largest absolute Gasteiger partial charge is 0.391 e. The Bertz CT molecular complexity index is 530. The van der Waals surface area contributed by atoms with Crippen molar-refractivity contribution in [3.63, 3.8) is 0 Å². The number of carbonyl (C=O) groups is 1. The molecule has 1 saturated carbocycles. The molecule has 2 atom stereocenters. The van der Waals surface area contributed by atoms with Crippen LogP contribution in [0.1, 0.15) is 48.0 Å². The number of hydrogen-bond acceptors (Lipinski definition) is 3. The average molecular weight is 288 g/mol. The van der Waals surface area contributed by atoms with E-state index in [-0.39, 0.29) is 18.1 Å². The van der Waals surface area contributed by atoms with Gasteiger partial charge in [-0.05, 0) is 49.4 Å². The second-order valence-electron chi connectivity index (χ2n) is 6.24. The monoisotopic (exact) mass is 288 g/mol. The van der Waals surface area contributed by atoms with Crippen molar-refractivity contribution < 1.29 is 9.90 Å². The molecule has 2 N–H and O–H groups in total. The van der Waals surface area contributed by atoms with Gasteiger partial charge in [-0.2, -0.15) is 0 Å². The third-order valence-electron chi connectivity index (χ3n) is 4.80. The molecule has 0 radical (unpaired) electrons. The van der Waals surface area contributed by atoms with Gasteiger partial charge in [-0.25, -0.2) is 0 Å². The van der Waals surface area contributed by atoms with E-state index in [2.05, 4.69) is 5.32 Å². The van der Waals surface area contributed by atoms with E-state index in [4.69, 9.17) is 0 Å². The van der Waals surface area contributed by atoms with Gasteiger partial charge < -0.3 is 15.3 Å². The Hall–Kier alpha value is -1.55. The van der Waals surface area contributed by atoms with Crippen molar-refractivity contribution in [2.45, 2.75) is 50.7 Å². The van der Waals surface area contributed by atoms with Crippen LogP contribution < -0.4 is 5.32 Å². The molecule has 0 saturated heterocycles. The number of hydrogen-bond donors (Lipinski definition) is 2. The Morgan fingerprint density at radius 3 is 2.90 bits per heavy atom. The van der Waals surface area contributed by atoms with E-state index in [1.165, 1.54) is 5.56 Å². The maximum absolute atomic E-state index is 12.7. The molecule has 2 unspecified atom stereocenters. The normalized spacial score (nSPS) is 24.9. The summed E-state index contributed by atoms with van der Waals surface area (Å²) in [6, 6.07) is 5.87. The van der Waals surface area contributed by atoms with E-state index in [0.29, 0.717) is 0 Å². The minimum absolute atomic E-state index is 0.0225. The van der Waals surface area contributed by atoms with Gasteiger partial charge in [-0.15, -0.1) is 0 Å². The van der Waals surface area contributed by atoms with Crippen molar-refractivity contribution in [1.82, 2.24) is 4.90 Å². The Morgan fingerprint density at radius 1 is 1.29 bits per heavy atom. The maximum atomic E-state index is 12.7. The molecular weight excluding hydrogens is 264 g/mol. The van der Waals surface area contributed by atoms with Crippen LogP contribution in [0.3, 0.4) is 0 Å². The zero-order chi connectivity index (χ0) is 14.8. The summed E-state index contributed by atoms with van der Waals surface area (Å²) in [5.41, 5.74) is 3.11. The van der Waals surface area contributed by atoms with E-state index in [1.807, 2.05) is 25.2 Å². The number of likely N-dealkylation sites (N-methyl/N-ethyl adjacent to an activating group) is 1. The highest BCUT2D eigenvalue weighted by atomic mass is 16.3. The molecule has 4 nitrogen and oxygen atoms in total. The summed E-state index contributed by atoms with van der Waals surface area (Å²) in [6.07, 6.45) is 5.61. The summed E-state index contributed by atoms with van der Waals surface area (Å²) in [6.45, 7) is 1.01. The summed E-state index contributed by atoms with van der Waals surface area (Å²) in [4.78, 5) is 14.4. The van der Waals surface area contributed by atoms with Crippen LogP contribution in [0.4, 0.5) is 5.69 Å². The van der Waals surface area contributed by atoms with Crippen LogP contribution in [0.15, 0.2) is 18.2 Å². The van der Waals surface area contributed by atoms with E-state index >= 15 is 0 Å². The summed E-state index contributed by atoms with van der Waals surface area (Å²) in [5.74, 6) is 0.0225. The van der Waals surface area contributed by atoms with E-state index < -0.39 is 0 Å². The zero-order valence-electron chi connectivity index (χ0n) is 12.6. The predicted octanol–water partition coefficient (Wildman–Crippen LogP) is 2.42. The Balaban J connectivity index is 1.77. The molecule has 1 heterocycles. The molecule has 1 fully saturated rings. The Morgan fingerprint density at radius 2 is 2.10 bits per heavy atom. The lowest BCUT2D eigenvalue weighted by atomic mass is 9.91. The SMILES string of the molecule is CN(C(=O)c1ccc2c(c1)CCCN2)C1CCCCC1O. The summed E-state index contributed by atoms with van der Waals surface area (Å²) >= 11 is 0. The van der Waals surface area contributed by atoms with Crippen molar-refractivity contribution in [1.29, 1.82) is 0 Å². The van der Waals surface area contributed by atoms with Gasteiger partial charge in [0.25, 0.3) is 5.91 Å². The molecule has 0 spiro atoms. The van der Waals surface area contributed by atoms with Gasteiger partial charge in [0.05, 0.1) is 12.1 Å². The van der Waals surface area contributed by atoms with Gasteiger partial charge in [0.1, 0.15) is 0 Å². The fourth-order valence-electron chi connectivity index (χ4n) is 3.51. The van der Waals surface area contributed by atoms with Crippen LogP contribution >= 0.6 is 0 Å². The van der Waals surface area contributed by atoms with Crippen LogP contribution in [0.5, 0.6) is 0 Å². The average Bonchev–Trinajstić information content (AvgIpc) is 2.53. The second-order valence-corrected chi connectivity index (χ2v) is 6.24. The number of rotatable bonds is 2. The number of aliphatic hydroxyl groups excluding tert-OH is 1. The molecule has 0 aromatic heterocycles. The molecule has 114 valence electrons. The molecule has 1 aliphatic carbocycles. The first-order valence-electron chi connectivity index (χ1n) is 7.99. The van der Waals surface area contributed by atoms with Gasteiger partial charge in [-0.1, -0.05) is 12.8 Å². The van der Waals surface area contributed by atoms with Crippen molar-refractivity contribution in [3.05, 3.63) is 29.3 Å². The highest BCUT2D eigenvalue weighted by Crippen LogP contribution is 2.26. The fourth-order valence-corrected chi connectivity index (χ4v) is 3.51. The zero-order valence-corrected chi connectivity index (χ0v) is 12.6. The van der Waals surface area contributed by atoms with E-state index in [9.17, 15) is 9.90 Å². The number of amides is 1. The quantitative estimate of drug-likeness (QED) is 0.879. The highest BCUT2D eigenvalue weighted by molar-refractivity contribution is 5.95. The van der Waals surface area contributed by atoms with Crippen molar-refractivity contribution in [3.8, 4) is 0 Å². The number of aliphatic hydroxyl groups is 1. The van der Waals surface area contributed by atoms with E-state index in [1.54, 1.807) is 4.90 Å². The molecular formula is C17H24N2O2. The van der Waals surface area contributed by atoms with Gasteiger partial charge in [0.15, 0.2) is 0 Å². The molecule has 21 heavy (non-hydrogen) atoms. The summed E-state index contributed by atoms with van der Waals surface area (Å²) in [7, 11) is 1.82. The van der Waals surface area contributed by atoms with Crippen LogP contribution in [-0.2, 0) is 6.42 Å². The lowest BCUT2D eigenvalue weighted by molar-refractivity contribution is 0.0268. The smallest absolute Gasteiger partial charge is 0.253 e. The maximum Gasteiger partial charge on any atom is 0.253 e. The van der Waals surface area contributed by atoms with Gasteiger partial charge in [0, 0.05) is 24.8 Å². The number of aryl methyl sites for hydroxylation is 1. The second kappa shape index (κ2) is 6.06. The Labute approximate surface area is 126 Å². The van der Waals surface area contributed by atoms with E-state index in [0.717, 1.165) is 56.3 Å².